The van der Waals surface area contributed by atoms with Crippen molar-refractivity contribution in [3.63, 3.8) is 0 Å². The quantitative estimate of drug-likeness (QED) is 0.673. The number of rotatable bonds is 9. The summed E-state index contributed by atoms with van der Waals surface area (Å²) in [4.78, 5) is 6.84. The maximum Gasteiger partial charge on any atom is 0.203 e. The lowest BCUT2D eigenvalue weighted by Gasteiger charge is -2.25. The van der Waals surface area contributed by atoms with Crippen LogP contribution >= 0.6 is 0 Å². The molecule has 6 heteroatoms. The van der Waals surface area contributed by atoms with Gasteiger partial charge in [-0.1, -0.05) is 6.07 Å². The first kappa shape index (κ1) is 19.5. The molecule has 0 radical (unpaired) electrons. The van der Waals surface area contributed by atoms with Gasteiger partial charge >= 0.3 is 0 Å². The van der Waals surface area contributed by atoms with E-state index in [1.807, 2.05) is 30.5 Å². The lowest BCUT2D eigenvalue weighted by Crippen LogP contribution is -2.31. The molecule has 1 aliphatic heterocycles. The molecule has 1 saturated heterocycles. The Kier molecular flexibility index (Phi) is 6.90. The number of methoxy groups -OCH3 is 3. The number of hydrogen-bond acceptors (Lipinski definition) is 6. The fraction of sp³-hybridized carbons (Fsp3) is 0.476. The van der Waals surface area contributed by atoms with Crippen LogP contribution in [0.4, 0.5) is 0 Å². The van der Waals surface area contributed by atoms with Crippen molar-refractivity contribution in [1.29, 1.82) is 0 Å². The van der Waals surface area contributed by atoms with Gasteiger partial charge in [-0.3, -0.25) is 9.88 Å². The Labute approximate surface area is 161 Å². The van der Waals surface area contributed by atoms with Crippen LogP contribution in [0.1, 0.15) is 24.1 Å². The average molecular weight is 372 g/mol. The molecule has 0 aliphatic carbocycles. The van der Waals surface area contributed by atoms with Gasteiger partial charge in [0.1, 0.15) is 0 Å². The molecule has 3 rings (SSSR count). The molecule has 0 N–H and O–H groups in total. The first-order chi connectivity index (χ1) is 13.2. The number of hydrogen-bond donors (Lipinski definition) is 0. The lowest BCUT2D eigenvalue weighted by molar-refractivity contribution is 0.0674. The minimum atomic E-state index is 0.274. The lowest BCUT2D eigenvalue weighted by atomic mass is 10.1. The van der Waals surface area contributed by atoms with Crippen LogP contribution in [0.5, 0.6) is 17.2 Å². The largest absolute Gasteiger partial charge is 0.493 e. The number of ether oxygens (including phenoxy) is 4. The van der Waals surface area contributed by atoms with Gasteiger partial charge in [-0.2, -0.15) is 0 Å². The Morgan fingerprint density at radius 3 is 2.41 bits per heavy atom. The van der Waals surface area contributed by atoms with Crippen molar-refractivity contribution in [2.24, 2.45) is 0 Å². The van der Waals surface area contributed by atoms with E-state index in [-0.39, 0.29) is 6.10 Å². The van der Waals surface area contributed by atoms with Crippen LogP contribution in [0.25, 0.3) is 0 Å². The summed E-state index contributed by atoms with van der Waals surface area (Å²) in [6.07, 6.45) is 4.34. The van der Waals surface area contributed by atoms with Gasteiger partial charge in [-0.15, -0.1) is 0 Å². The van der Waals surface area contributed by atoms with Gasteiger partial charge in [0, 0.05) is 32.4 Å². The Balaban J connectivity index is 1.81. The summed E-state index contributed by atoms with van der Waals surface area (Å²) in [6.45, 7) is 3.23. The maximum atomic E-state index is 5.85. The molecule has 0 saturated carbocycles. The highest BCUT2D eigenvalue weighted by molar-refractivity contribution is 5.53. The van der Waals surface area contributed by atoms with E-state index in [1.54, 1.807) is 21.3 Å². The molecular weight excluding hydrogens is 344 g/mol. The van der Waals surface area contributed by atoms with Crippen molar-refractivity contribution < 1.29 is 18.9 Å². The molecule has 1 aromatic heterocycles. The maximum absolute atomic E-state index is 5.85. The smallest absolute Gasteiger partial charge is 0.203 e. The van der Waals surface area contributed by atoms with Crippen molar-refractivity contribution in [3.8, 4) is 17.2 Å². The van der Waals surface area contributed by atoms with E-state index in [1.165, 1.54) is 0 Å². The molecule has 0 spiro atoms. The van der Waals surface area contributed by atoms with Gasteiger partial charge in [0.15, 0.2) is 11.5 Å². The molecule has 0 unspecified atom stereocenters. The van der Waals surface area contributed by atoms with Gasteiger partial charge in [0.05, 0.1) is 33.1 Å². The highest BCUT2D eigenvalue weighted by atomic mass is 16.5. The molecule has 1 aromatic carbocycles. The molecule has 0 bridgehead atoms. The number of nitrogens with zero attached hydrogens (tertiary/aromatic N) is 2. The summed E-state index contributed by atoms with van der Waals surface area (Å²) in [5, 5.41) is 0. The second kappa shape index (κ2) is 9.58. The van der Waals surface area contributed by atoms with Crippen LogP contribution in [0.15, 0.2) is 36.5 Å². The summed E-state index contributed by atoms with van der Waals surface area (Å²) in [7, 11) is 4.89. The van der Waals surface area contributed by atoms with Crippen LogP contribution in [0.3, 0.4) is 0 Å². The van der Waals surface area contributed by atoms with E-state index in [4.69, 9.17) is 18.9 Å². The minimum absolute atomic E-state index is 0.274. The van der Waals surface area contributed by atoms with Crippen LogP contribution in [0, 0.1) is 0 Å². The molecule has 1 atom stereocenters. The van der Waals surface area contributed by atoms with E-state index in [0.717, 1.165) is 50.3 Å². The molecule has 2 heterocycles. The average Bonchev–Trinajstić information content (AvgIpc) is 3.20. The van der Waals surface area contributed by atoms with Crippen molar-refractivity contribution >= 4 is 0 Å². The summed E-state index contributed by atoms with van der Waals surface area (Å²) in [5.74, 6) is 1.95. The Morgan fingerprint density at radius 1 is 1.07 bits per heavy atom. The summed E-state index contributed by atoms with van der Waals surface area (Å²) in [5.41, 5.74) is 2.14. The third kappa shape index (κ3) is 5.11. The predicted molar refractivity (Wildman–Crippen MR) is 103 cm³/mol. The van der Waals surface area contributed by atoms with Crippen LogP contribution in [0.2, 0.25) is 0 Å². The first-order valence-corrected chi connectivity index (χ1v) is 9.26. The van der Waals surface area contributed by atoms with E-state index < -0.39 is 0 Å². The van der Waals surface area contributed by atoms with Crippen molar-refractivity contribution in [2.75, 3.05) is 34.5 Å². The molecule has 6 nitrogen and oxygen atoms in total. The zero-order chi connectivity index (χ0) is 19.1. The third-order valence-corrected chi connectivity index (χ3v) is 4.73. The van der Waals surface area contributed by atoms with Gasteiger partial charge in [-0.25, -0.2) is 0 Å². The zero-order valence-electron chi connectivity index (χ0n) is 16.3. The molecule has 0 amide bonds. The fourth-order valence-electron chi connectivity index (χ4n) is 3.47. The highest BCUT2D eigenvalue weighted by Crippen LogP contribution is 2.38. The number of aromatic nitrogens is 1. The standard InChI is InChI=1S/C21H28N2O4/c1-24-19-11-16(12-20(25-2)21(19)26-3)13-23(15-18-8-6-10-27-18)14-17-7-4-5-9-22-17/h4-5,7,9,11-12,18H,6,8,10,13-15H2,1-3H3/t18-/m0/s1. The van der Waals surface area contributed by atoms with Crippen LogP contribution in [-0.2, 0) is 17.8 Å². The SMILES string of the molecule is COc1cc(CN(Cc2ccccn2)C[C@@H]2CCCO2)cc(OC)c1OC. The van der Waals surface area contributed by atoms with Crippen molar-refractivity contribution in [2.45, 2.75) is 32.0 Å². The second-order valence-corrected chi connectivity index (χ2v) is 6.66. The topological polar surface area (TPSA) is 53.1 Å². The number of benzene rings is 1. The Bertz CT molecular complexity index is 692. The summed E-state index contributed by atoms with van der Waals surface area (Å²) < 4.78 is 22.3. The van der Waals surface area contributed by atoms with Gasteiger partial charge in [0.2, 0.25) is 5.75 Å². The first-order valence-electron chi connectivity index (χ1n) is 9.26. The Hall–Kier alpha value is -2.31. The molecule has 146 valence electrons. The minimum Gasteiger partial charge on any atom is -0.493 e. The van der Waals surface area contributed by atoms with Gasteiger partial charge in [0.25, 0.3) is 0 Å². The van der Waals surface area contributed by atoms with E-state index in [2.05, 4.69) is 16.0 Å². The highest BCUT2D eigenvalue weighted by Gasteiger charge is 2.21. The van der Waals surface area contributed by atoms with Crippen LogP contribution < -0.4 is 14.2 Å². The normalized spacial score (nSPS) is 16.5. The predicted octanol–water partition coefficient (Wildman–Crippen LogP) is 3.29. The van der Waals surface area contributed by atoms with Gasteiger partial charge < -0.3 is 18.9 Å². The fourth-order valence-corrected chi connectivity index (χ4v) is 3.47. The third-order valence-electron chi connectivity index (χ3n) is 4.73. The van der Waals surface area contributed by atoms with Crippen molar-refractivity contribution in [1.82, 2.24) is 9.88 Å². The molecule has 1 aliphatic rings. The monoisotopic (exact) mass is 372 g/mol. The molecule has 27 heavy (non-hydrogen) atoms. The second-order valence-electron chi connectivity index (χ2n) is 6.66. The Morgan fingerprint density at radius 2 is 1.85 bits per heavy atom. The van der Waals surface area contributed by atoms with Crippen LogP contribution in [-0.4, -0.2) is 50.5 Å². The molecule has 1 fully saturated rings. The molecular formula is C21H28N2O4. The molecule has 2 aromatic rings. The summed E-state index contributed by atoms with van der Waals surface area (Å²) >= 11 is 0. The zero-order valence-corrected chi connectivity index (χ0v) is 16.3. The number of pyridine rings is 1. The van der Waals surface area contributed by atoms with Crippen molar-refractivity contribution in [3.05, 3.63) is 47.8 Å². The summed E-state index contributed by atoms with van der Waals surface area (Å²) in [6, 6.07) is 10.0. The van der Waals surface area contributed by atoms with Gasteiger partial charge in [-0.05, 0) is 42.7 Å². The van der Waals surface area contributed by atoms with E-state index >= 15 is 0 Å². The van der Waals surface area contributed by atoms with E-state index in [9.17, 15) is 0 Å². The van der Waals surface area contributed by atoms with E-state index in [0.29, 0.717) is 17.2 Å².